The Kier molecular flexibility index (Phi) is 34.2. The molecule has 13 N–H and O–H groups in total. The van der Waals surface area contributed by atoms with E-state index in [0.29, 0.717) is 57.7 Å². The molecule has 8 atom stereocenters. The van der Waals surface area contributed by atoms with Crippen LogP contribution in [0.25, 0.3) is 33.8 Å². The van der Waals surface area contributed by atoms with E-state index in [4.69, 9.17) is 75.1 Å². The topological polar surface area (TPSA) is 374 Å². The number of phenols is 2. The van der Waals surface area contributed by atoms with Gasteiger partial charge in [0.25, 0.3) is 11.8 Å². The molecule has 0 saturated heterocycles. The molecule has 4 aromatic carbocycles. The maximum absolute atomic E-state index is 14.1. The second-order valence-electron chi connectivity index (χ2n) is 27.3. The molecule has 2 saturated carbocycles. The number of primary amides is 2. The summed E-state index contributed by atoms with van der Waals surface area (Å²) in [6.45, 7) is 7.23. The Bertz CT molecular complexity index is 4930. The third kappa shape index (κ3) is 19.4. The van der Waals surface area contributed by atoms with E-state index in [0.717, 1.165) is 11.1 Å². The van der Waals surface area contributed by atoms with Crippen LogP contribution in [0, 0.1) is 23.7 Å². The highest BCUT2D eigenvalue weighted by Crippen LogP contribution is 2.56. The molecule has 36 heteroatoms. The lowest BCUT2D eigenvalue weighted by molar-refractivity contribution is -0.155. The van der Waals surface area contributed by atoms with Crippen LogP contribution in [0.4, 0.5) is 0 Å². The number of aldehydes is 1. The molecule has 0 heterocycles. The standard InChI is InChI=1S/C31H35N3O8.C29H28N2O9.C13H4.C2H7N.2CH4.B13/c1-33(2)13-14-6-9-21(42-5)17(10-14)16-7-8-20(35)23-18(16)11-15-12-19-25(34(3)4)27(37)24(30(32)40)29(39)31(19,41)28(38)22(15)26(23)36;1-31(2)23-17-10-13-9-16-14(15-8-12(11-32)4-7-19(15)40-3)5-6-18(33)21(16)24(34)20(13)26(36)29(17,39)27(37)22(25(23)35)28(30)38;1-3-5-7-9-11-13-12-10-8-6-4-2;1-3-2;;;1-8-12(9(2)3)13(10(4)5)11(6)7/h6-10,15,19,25,35-36,39,41H,11-13H2,1-5H3,(H2,32,40);4-8,11,13,17,23,33-34,37,39H,9-10H2,1-3H3,(H2,30,38);1-2H2;3H,1-2H3;2*1H4;/t15-,19-,25-,31-;13-,17-,23-,29-;;;;;/m00...../s1. The summed E-state index contributed by atoms with van der Waals surface area (Å²) in [5, 5.41) is 92.9. The number of nitrogens with zero attached hydrogens (tertiary/aromatic N) is 3. The molecule has 2 amide bonds. The molecule has 4 aromatic rings. The predicted octanol–water partition coefficient (Wildman–Crippen LogP) is 1.82. The Morgan fingerprint density at radius 3 is 1.26 bits per heavy atom. The van der Waals surface area contributed by atoms with Crippen LogP contribution in [0.2, 0.25) is 0 Å². The number of aromatic hydroxyl groups is 2. The van der Waals surface area contributed by atoms with E-state index in [9.17, 15) is 74.4 Å². The van der Waals surface area contributed by atoms with Gasteiger partial charge >= 0.3 is 0 Å². The van der Waals surface area contributed by atoms with E-state index < -0.39 is 142 Å². The minimum Gasteiger partial charge on any atom is -0.508 e. The van der Waals surface area contributed by atoms with E-state index in [1.165, 1.54) is 50.2 Å². The first kappa shape index (κ1) is 94.8. The molecule has 6 aliphatic carbocycles. The van der Waals surface area contributed by atoms with E-state index >= 15 is 0 Å². The smallest absolute Gasteiger partial charge is 0.255 e. The summed E-state index contributed by atoms with van der Waals surface area (Å²) in [6, 6.07) is 14.3. The summed E-state index contributed by atoms with van der Waals surface area (Å²) in [7, 11) is 56.4. The van der Waals surface area contributed by atoms with E-state index in [-0.39, 0.29) is 80.7 Å². The average Bonchev–Trinajstić information content (AvgIpc) is 0.703. The fourth-order valence-corrected chi connectivity index (χ4v) is 15.0. The normalized spacial score (nSPS) is 20.2. The van der Waals surface area contributed by atoms with Crippen molar-refractivity contribution in [2.24, 2.45) is 35.1 Å². The molecule has 561 valence electrons. The van der Waals surface area contributed by atoms with Gasteiger partial charge in [-0.05, 0) is 229 Å². The number of aliphatic hydroxyl groups excluding tert-OH is 4. The number of ketones is 4. The number of carbonyl (C=O) groups is 7. The van der Waals surface area contributed by atoms with Crippen LogP contribution in [0.3, 0.4) is 0 Å². The van der Waals surface area contributed by atoms with Crippen LogP contribution >= 0.6 is 0 Å². The minimum absolute atomic E-state index is 0. The summed E-state index contributed by atoms with van der Waals surface area (Å²) >= 11 is 0. The third-order valence-electron chi connectivity index (χ3n) is 19.6. The van der Waals surface area contributed by atoms with Crippen LogP contribution in [0.1, 0.15) is 65.9 Å². The van der Waals surface area contributed by atoms with Crippen LogP contribution in [-0.4, -0.2) is 284 Å². The van der Waals surface area contributed by atoms with Crippen LogP contribution in [0.15, 0.2) is 171 Å². The summed E-state index contributed by atoms with van der Waals surface area (Å²) in [5.41, 5.74) is 35.0. The predicted molar refractivity (Wildman–Crippen MR) is 448 cm³/mol. The first-order valence-corrected chi connectivity index (χ1v) is 34.3. The van der Waals surface area contributed by atoms with Crippen LogP contribution in [-0.2, 0) is 48.2 Å². The first-order chi connectivity index (χ1) is 52.3. The lowest BCUT2D eigenvalue weighted by Gasteiger charge is -2.50. The second kappa shape index (κ2) is 40.8. The number of fused-ring (bicyclic) bond motifs is 6. The monoisotopic (exact) mass is 1510 g/mol. The molecule has 2 fully saturated rings. The van der Waals surface area contributed by atoms with Crippen molar-refractivity contribution in [1.82, 2.24) is 20.0 Å². The van der Waals surface area contributed by atoms with Crippen LogP contribution < -0.4 is 26.3 Å². The SMILES string of the molecule is C.C.C=C=C=C=C=C=C=C=C=C=C=C=C.CNC.COc1ccc(C=O)cc1-c1ccc(O)c2c1C[C@H]1C[C@H]3[C@H](N(C)C)C(=O)C(C(N)=O)=C(O)[C@@]3(O)C(=O)C1=C2O.COc1ccc(CN(C)C)cc1-c1ccc(O)c2c1C[C@H]1C[C@H]3[C@H](N(C)C)C(=O)C(C(N)=O)=C(O)[C@@]3(O)C(=O)C1=C2O.[B][B]B(B([B])[B])B(B([B])[B])B([B])[B]. The number of rotatable bonds is 16. The summed E-state index contributed by atoms with van der Waals surface area (Å²) < 4.78 is 11.2. The van der Waals surface area contributed by atoms with Gasteiger partial charge < -0.3 is 72.0 Å². The highest BCUT2D eigenvalue weighted by molar-refractivity contribution is 8.07. The molecular weight excluding hydrogens is 1420 g/mol. The molecule has 0 unspecified atom stereocenters. The fraction of sp³-hybridized carbons (Fsp3) is 0.325. The number of benzene rings is 4. The molecule has 10 rings (SSSR count). The first-order valence-electron chi connectivity index (χ1n) is 34.3. The maximum atomic E-state index is 14.1. The number of Topliss-reactive ketones (excluding diaryl/α,β-unsaturated/α-hetero) is 4. The van der Waals surface area contributed by atoms with Gasteiger partial charge in [-0.25, -0.2) is 0 Å². The van der Waals surface area contributed by atoms with Crippen molar-refractivity contribution < 1.29 is 83.9 Å². The number of amides is 2. The van der Waals surface area contributed by atoms with Gasteiger partial charge in [0.05, 0.1) is 37.4 Å². The second-order valence-corrected chi connectivity index (χ2v) is 27.3. The number of nitrogens with one attached hydrogen (secondary N) is 1. The van der Waals surface area contributed by atoms with Gasteiger partial charge in [-0.3, -0.25) is 43.4 Å². The largest absolute Gasteiger partial charge is 0.508 e. The summed E-state index contributed by atoms with van der Waals surface area (Å²) in [5.74, 6) is -13.0. The number of ether oxygens (including phenoxy) is 2. The zero-order valence-corrected chi connectivity index (χ0v) is 63.0. The van der Waals surface area contributed by atoms with Gasteiger partial charge in [0, 0.05) is 139 Å². The molecule has 113 heavy (non-hydrogen) atoms. The number of phenolic OH excluding ortho intramolecular Hbond substituents is 2. The molecular formula is C77H82B13N6O17. The minimum atomic E-state index is -2.71. The Morgan fingerprint density at radius 1 is 0.593 bits per heavy atom. The van der Waals surface area contributed by atoms with Crippen molar-refractivity contribution in [3.05, 3.63) is 204 Å². The van der Waals surface area contributed by atoms with Gasteiger partial charge in [-0.15, -0.1) is 0 Å². The van der Waals surface area contributed by atoms with Crippen molar-refractivity contribution in [3.8, 4) is 45.3 Å². The number of methoxy groups -OCH3 is 2. The fourth-order valence-electron chi connectivity index (χ4n) is 15.0. The molecule has 0 bridgehead atoms. The average molecular weight is 1500 g/mol. The highest BCUT2D eigenvalue weighted by atomic mass is 16.5. The molecule has 6 aliphatic rings. The summed E-state index contributed by atoms with van der Waals surface area (Å²) in [4.78, 5) is 95.3. The van der Waals surface area contributed by atoms with E-state index in [1.54, 1.807) is 51.5 Å². The zero-order chi connectivity index (χ0) is 83.2. The Morgan fingerprint density at radius 2 is 0.956 bits per heavy atom. The van der Waals surface area contributed by atoms with Gasteiger partial charge in [0.2, 0.25) is 11.6 Å². The number of hydrogen-bond acceptors (Lipinski definition) is 21. The van der Waals surface area contributed by atoms with Gasteiger partial charge in [-0.1, -0.05) is 44.5 Å². The molecule has 0 spiro atoms. The van der Waals surface area contributed by atoms with Gasteiger partial charge in [-0.2, -0.15) is 0 Å². The summed E-state index contributed by atoms with van der Waals surface area (Å²) in [6.07, 6.45) is -1.94. The molecule has 23 nitrogen and oxygen atoms in total. The Labute approximate surface area is 671 Å². The van der Waals surface area contributed by atoms with Crippen molar-refractivity contribution in [1.29, 1.82) is 0 Å². The number of carbonyl (C=O) groups excluding carboxylic acids is 7. The quantitative estimate of drug-likeness (QED) is 0.0330. The lowest BCUT2D eigenvalue weighted by Crippen LogP contribution is -2.69. The van der Waals surface area contributed by atoms with Crippen molar-refractivity contribution >= 4 is 146 Å². The van der Waals surface area contributed by atoms with Crippen molar-refractivity contribution in [2.45, 2.75) is 70.4 Å². The molecule has 15 radical (unpaired) electrons. The third-order valence-corrected chi connectivity index (χ3v) is 19.6. The highest BCUT2D eigenvalue weighted by Gasteiger charge is 2.66. The number of hydrogen-bond donors (Lipinski definition) is 11. The Hall–Kier alpha value is -10.5. The van der Waals surface area contributed by atoms with Crippen molar-refractivity contribution in [2.75, 3.05) is 70.6 Å². The maximum Gasteiger partial charge on any atom is 0.255 e. The Balaban J connectivity index is 0.000000350. The van der Waals surface area contributed by atoms with Crippen molar-refractivity contribution in [3.63, 3.8) is 0 Å². The number of nitrogens with two attached hydrogens (primary N) is 2. The zero-order valence-electron chi connectivity index (χ0n) is 63.0. The van der Waals surface area contributed by atoms with Gasteiger partial charge in [0.15, 0.2) is 22.8 Å². The van der Waals surface area contributed by atoms with E-state index in [1.807, 2.05) is 51.3 Å². The molecule has 0 aliphatic heterocycles. The molecule has 0 aromatic heterocycles. The van der Waals surface area contributed by atoms with Gasteiger partial charge in [0.1, 0.15) is 63.5 Å². The lowest BCUT2D eigenvalue weighted by atomic mass is 8.50. The number of likely N-dealkylation sites (N-methyl/N-ethyl adjacent to an activating group) is 2. The number of aliphatic hydroxyl groups is 6. The van der Waals surface area contributed by atoms with E-state index in [2.05, 4.69) is 81.5 Å². The van der Waals surface area contributed by atoms with Crippen LogP contribution in [0.5, 0.6) is 23.0 Å².